The van der Waals surface area contributed by atoms with E-state index >= 15 is 0 Å². The number of carbonyl (C=O) groups excluding carboxylic acids is 1. The van der Waals surface area contributed by atoms with E-state index in [4.69, 9.17) is 5.73 Å². The summed E-state index contributed by atoms with van der Waals surface area (Å²) in [5.41, 5.74) is 4.72. The van der Waals surface area contributed by atoms with Crippen molar-refractivity contribution in [3.63, 3.8) is 0 Å². The molecule has 0 spiro atoms. The number of rotatable bonds is 1. The fourth-order valence-corrected chi connectivity index (χ4v) is 0.345. The molecule has 0 atom stereocenters. The van der Waals surface area contributed by atoms with Crippen LogP contribution < -0.4 is 11.1 Å². The van der Waals surface area contributed by atoms with Crippen LogP contribution in [0.3, 0.4) is 0 Å². The molecule has 1 aromatic rings. The second kappa shape index (κ2) is 2.12. The van der Waals surface area contributed by atoms with Crippen LogP contribution in [0.15, 0.2) is 10.8 Å². The Morgan fingerprint density at radius 1 is 1.89 bits per heavy atom. The second-order valence-electron chi connectivity index (χ2n) is 1.28. The first kappa shape index (κ1) is 5.54. The zero-order valence-corrected chi connectivity index (χ0v) is 4.37. The Labute approximate surface area is 50.0 Å². The monoisotopic (exact) mass is 128 g/mol. The molecule has 0 bridgehead atoms. The molecular formula is C3H4N4O2. The molecule has 0 aliphatic rings. The van der Waals surface area contributed by atoms with Crippen LogP contribution in [0, 0.1) is 0 Å². The Kier molecular flexibility index (Phi) is 1.31. The predicted octanol–water partition coefficient (Wildman–Crippen LogP) is -0.440. The molecule has 6 heteroatoms. The van der Waals surface area contributed by atoms with E-state index in [0.29, 0.717) is 0 Å². The van der Waals surface area contributed by atoms with Crippen LogP contribution in [0.5, 0.6) is 0 Å². The number of hydrogen-bond donors (Lipinski definition) is 2. The normalized spacial score (nSPS) is 8.89. The topological polar surface area (TPSA) is 94.0 Å². The molecule has 6 nitrogen and oxygen atoms in total. The Morgan fingerprint density at radius 2 is 2.67 bits per heavy atom. The molecule has 1 heterocycles. The van der Waals surface area contributed by atoms with Gasteiger partial charge in [-0.05, 0) is 0 Å². The predicted molar refractivity (Wildman–Crippen MR) is 27.5 cm³/mol. The van der Waals surface area contributed by atoms with Crippen LogP contribution in [-0.4, -0.2) is 16.4 Å². The number of hydrogen-bond acceptors (Lipinski definition) is 4. The first-order valence-corrected chi connectivity index (χ1v) is 2.12. The number of aromatic nitrogens is 2. The van der Waals surface area contributed by atoms with Crippen LogP contribution in [0.25, 0.3) is 0 Å². The van der Waals surface area contributed by atoms with Gasteiger partial charge in [0.2, 0.25) is 0 Å². The lowest BCUT2D eigenvalue weighted by molar-refractivity contribution is 0.259. The highest BCUT2D eigenvalue weighted by molar-refractivity contribution is 5.86. The van der Waals surface area contributed by atoms with Gasteiger partial charge in [0.1, 0.15) is 0 Å². The van der Waals surface area contributed by atoms with Gasteiger partial charge in [-0.1, -0.05) is 5.10 Å². The number of nitrogens with zero attached hydrogens (tertiary/aromatic N) is 2. The molecular weight excluding hydrogens is 124 g/mol. The van der Waals surface area contributed by atoms with Crippen LogP contribution in [-0.2, 0) is 0 Å². The lowest BCUT2D eigenvalue weighted by Crippen LogP contribution is -2.19. The molecule has 48 valence electrons. The standard InChI is InChI=1S/C3H4N4O2/c4-3(8)5-2-1-9-7-6-2/h1H,(H3,4,5,8). The van der Waals surface area contributed by atoms with Crippen LogP contribution in [0.4, 0.5) is 10.6 Å². The molecule has 0 aromatic carbocycles. The van der Waals surface area contributed by atoms with Gasteiger partial charge in [-0.25, -0.2) is 4.79 Å². The van der Waals surface area contributed by atoms with Gasteiger partial charge in [-0.3, -0.25) is 5.32 Å². The number of primary amides is 1. The van der Waals surface area contributed by atoms with Gasteiger partial charge >= 0.3 is 6.03 Å². The van der Waals surface area contributed by atoms with Gasteiger partial charge in [-0.2, -0.15) is 0 Å². The van der Waals surface area contributed by atoms with Gasteiger partial charge < -0.3 is 10.3 Å². The Hall–Kier alpha value is -1.59. The van der Waals surface area contributed by atoms with E-state index in [2.05, 4.69) is 20.2 Å². The third-order valence-electron chi connectivity index (χ3n) is 0.611. The minimum absolute atomic E-state index is 0.211. The van der Waals surface area contributed by atoms with Gasteiger partial charge in [-0.15, -0.1) is 0 Å². The average molecular weight is 128 g/mol. The number of nitrogens with one attached hydrogen (secondary N) is 1. The highest BCUT2D eigenvalue weighted by Gasteiger charge is 1.97. The molecule has 3 N–H and O–H groups in total. The minimum Gasteiger partial charge on any atom is -0.351 e. The summed E-state index contributed by atoms with van der Waals surface area (Å²) in [6, 6.07) is -0.689. The molecule has 1 rings (SSSR count). The van der Waals surface area contributed by atoms with Gasteiger partial charge in [0.05, 0.1) is 0 Å². The highest BCUT2D eigenvalue weighted by atomic mass is 16.5. The molecule has 0 unspecified atom stereocenters. The van der Waals surface area contributed by atoms with E-state index in [9.17, 15) is 4.79 Å². The van der Waals surface area contributed by atoms with Crippen molar-refractivity contribution in [3.8, 4) is 0 Å². The summed E-state index contributed by atoms with van der Waals surface area (Å²) < 4.78 is 4.28. The lowest BCUT2D eigenvalue weighted by atomic mass is 10.7. The molecule has 0 aliphatic carbocycles. The third kappa shape index (κ3) is 1.41. The lowest BCUT2D eigenvalue weighted by Gasteiger charge is -1.88. The van der Waals surface area contributed by atoms with Crippen LogP contribution in [0.1, 0.15) is 0 Å². The number of nitrogens with two attached hydrogens (primary N) is 1. The van der Waals surface area contributed by atoms with Gasteiger partial charge in [0, 0.05) is 5.27 Å². The maximum absolute atomic E-state index is 10.1. The molecule has 0 saturated heterocycles. The van der Waals surface area contributed by atoms with E-state index in [1.165, 1.54) is 6.26 Å². The number of anilines is 1. The van der Waals surface area contributed by atoms with Gasteiger partial charge in [0.25, 0.3) is 0 Å². The molecule has 2 amide bonds. The molecule has 1 aromatic heterocycles. The van der Waals surface area contributed by atoms with Crippen molar-refractivity contribution in [2.75, 3.05) is 5.32 Å². The number of amides is 2. The Morgan fingerprint density at radius 3 is 3.11 bits per heavy atom. The van der Waals surface area contributed by atoms with Gasteiger partial charge in [0.15, 0.2) is 12.1 Å². The summed E-state index contributed by atoms with van der Waals surface area (Å²) in [7, 11) is 0. The summed E-state index contributed by atoms with van der Waals surface area (Å²) in [4.78, 5) is 10.1. The first-order valence-electron chi connectivity index (χ1n) is 2.12. The molecule has 0 radical (unpaired) electrons. The van der Waals surface area contributed by atoms with Crippen LogP contribution in [0.2, 0.25) is 0 Å². The zero-order chi connectivity index (χ0) is 6.69. The van der Waals surface area contributed by atoms with Crippen LogP contribution >= 0.6 is 0 Å². The Bertz CT molecular complexity index is 194. The highest BCUT2D eigenvalue weighted by Crippen LogP contribution is 1.95. The smallest absolute Gasteiger partial charge is 0.317 e. The SMILES string of the molecule is NC(=O)Nc1conn1. The van der Waals surface area contributed by atoms with Crippen molar-refractivity contribution in [3.05, 3.63) is 6.26 Å². The molecule has 0 fully saturated rings. The summed E-state index contributed by atoms with van der Waals surface area (Å²) in [5, 5.41) is 8.56. The summed E-state index contributed by atoms with van der Waals surface area (Å²) in [5.74, 6) is 0.211. The summed E-state index contributed by atoms with van der Waals surface area (Å²) in [6.07, 6.45) is 1.17. The molecule has 0 saturated carbocycles. The fraction of sp³-hybridized carbons (Fsp3) is 0. The fourth-order valence-electron chi connectivity index (χ4n) is 0.345. The van der Waals surface area contributed by atoms with Crippen molar-refractivity contribution in [1.82, 2.24) is 10.4 Å². The van der Waals surface area contributed by atoms with E-state index < -0.39 is 6.03 Å². The minimum atomic E-state index is -0.689. The van der Waals surface area contributed by atoms with Crippen molar-refractivity contribution < 1.29 is 9.32 Å². The van der Waals surface area contributed by atoms with Crippen molar-refractivity contribution in [1.29, 1.82) is 0 Å². The molecule has 0 aliphatic heterocycles. The van der Waals surface area contributed by atoms with E-state index in [0.717, 1.165) is 0 Å². The largest absolute Gasteiger partial charge is 0.351 e. The third-order valence-corrected chi connectivity index (χ3v) is 0.611. The van der Waals surface area contributed by atoms with E-state index in [-0.39, 0.29) is 5.82 Å². The quantitative estimate of drug-likeness (QED) is 0.536. The van der Waals surface area contributed by atoms with E-state index in [1.54, 1.807) is 0 Å². The number of urea groups is 1. The van der Waals surface area contributed by atoms with E-state index in [1.807, 2.05) is 0 Å². The maximum atomic E-state index is 10.1. The summed E-state index contributed by atoms with van der Waals surface area (Å²) in [6.45, 7) is 0. The Balaban J connectivity index is 2.58. The van der Waals surface area contributed by atoms with Crippen molar-refractivity contribution in [2.24, 2.45) is 5.73 Å². The second-order valence-corrected chi connectivity index (χ2v) is 1.28. The maximum Gasteiger partial charge on any atom is 0.317 e. The van der Waals surface area contributed by atoms with Crippen molar-refractivity contribution in [2.45, 2.75) is 0 Å². The van der Waals surface area contributed by atoms with Crippen molar-refractivity contribution >= 4 is 11.8 Å². The zero-order valence-electron chi connectivity index (χ0n) is 4.37. The average Bonchev–Trinajstić information content (AvgIpc) is 2.15. The number of carbonyl (C=O) groups is 1. The summed E-state index contributed by atoms with van der Waals surface area (Å²) >= 11 is 0. The molecule has 9 heavy (non-hydrogen) atoms. The first-order chi connectivity index (χ1) is 4.29.